The summed E-state index contributed by atoms with van der Waals surface area (Å²) in [6, 6.07) is 3.82. The minimum atomic E-state index is -0.467. The Bertz CT molecular complexity index is 497. The number of likely N-dealkylation sites (tertiary alicyclic amines) is 1. The fourth-order valence-corrected chi connectivity index (χ4v) is 2.38. The topological polar surface area (TPSA) is 51.7 Å². The highest BCUT2D eigenvalue weighted by Gasteiger charge is 2.32. The zero-order valence-electron chi connectivity index (χ0n) is 13.3. The highest BCUT2D eigenvalue weighted by atomic mass is 16.6. The van der Waals surface area contributed by atoms with Crippen molar-refractivity contribution in [3.63, 3.8) is 0 Å². The molecule has 1 aromatic heterocycles. The highest BCUT2D eigenvalue weighted by Crippen LogP contribution is 2.22. The van der Waals surface area contributed by atoms with Crippen LogP contribution in [0, 0.1) is 6.92 Å². The van der Waals surface area contributed by atoms with Gasteiger partial charge in [0.15, 0.2) is 0 Å². The van der Waals surface area contributed by atoms with Crippen LogP contribution >= 0.6 is 0 Å². The number of amides is 1. The summed E-state index contributed by atoms with van der Waals surface area (Å²) in [5, 5.41) is 0. The van der Waals surface area contributed by atoms with Gasteiger partial charge in [0.05, 0.1) is 11.7 Å². The number of aryl methyl sites for hydroxylation is 1. The molecule has 1 fully saturated rings. The van der Waals surface area contributed by atoms with Crippen molar-refractivity contribution >= 4 is 6.09 Å². The summed E-state index contributed by atoms with van der Waals surface area (Å²) in [6.07, 6.45) is 3.42. The summed E-state index contributed by atoms with van der Waals surface area (Å²) >= 11 is 0. The number of carbonyl (C=O) groups excluding carboxylic acids is 1. The van der Waals surface area contributed by atoms with Gasteiger partial charge >= 0.3 is 6.09 Å². The lowest BCUT2D eigenvalue weighted by Gasteiger charge is -2.28. The fourth-order valence-electron chi connectivity index (χ4n) is 2.38. The molecule has 0 bridgehead atoms. The first-order valence-corrected chi connectivity index (χ1v) is 7.41. The fraction of sp³-hybridized carbons (Fsp3) is 0.625. The van der Waals surface area contributed by atoms with Crippen molar-refractivity contribution in [1.29, 1.82) is 0 Å². The minimum absolute atomic E-state index is 0.0689. The van der Waals surface area contributed by atoms with Crippen LogP contribution in [0.4, 0.5) is 4.79 Å². The molecule has 1 amide bonds. The molecule has 5 nitrogen and oxygen atoms in total. The summed E-state index contributed by atoms with van der Waals surface area (Å²) in [5.74, 6) is 0.772. The first kappa shape index (κ1) is 15.6. The second-order valence-corrected chi connectivity index (χ2v) is 6.37. The smallest absolute Gasteiger partial charge is 0.410 e. The van der Waals surface area contributed by atoms with Crippen LogP contribution in [0.5, 0.6) is 5.75 Å². The van der Waals surface area contributed by atoms with Crippen LogP contribution in [0.3, 0.4) is 0 Å². The van der Waals surface area contributed by atoms with E-state index in [1.54, 1.807) is 11.1 Å². The SMILES string of the molecule is Cc1ncccc1OC[C@H]1CCCN1C(=O)OC(C)(C)C. The number of nitrogens with zero attached hydrogens (tertiary/aromatic N) is 2. The van der Waals surface area contributed by atoms with Crippen LogP contribution in [0.1, 0.15) is 39.3 Å². The Hall–Kier alpha value is -1.78. The number of hydrogen-bond acceptors (Lipinski definition) is 4. The van der Waals surface area contributed by atoms with E-state index in [9.17, 15) is 4.79 Å². The second kappa shape index (κ2) is 6.33. The number of rotatable bonds is 3. The van der Waals surface area contributed by atoms with Gasteiger partial charge in [0.2, 0.25) is 0 Å². The monoisotopic (exact) mass is 292 g/mol. The molecule has 0 saturated carbocycles. The zero-order valence-corrected chi connectivity index (χ0v) is 13.3. The lowest BCUT2D eigenvalue weighted by Crippen LogP contribution is -2.42. The molecule has 0 unspecified atom stereocenters. The Balaban J connectivity index is 1.93. The highest BCUT2D eigenvalue weighted by molar-refractivity contribution is 5.69. The lowest BCUT2D eigenvalue weighted by molar-refractivity contribution is 0.0187. The molecule has 0 spiro atoms. The van der Waals surface area contributed by atoms with Gasteiger partial charge in [-0.15, -0.1) is 0 Å². The van der Waals surface area contributed by atoms with Gasteiger partial charge in [0.25, 0.3) is 0 Å². The van der Waals surface area contributed by atoms with Gasteiger partial charge in [-0.25, -0.2) is 4.79 Å². The third-order valence-corrected chi connectivity index (χ3v) is 3.39. The quantitative estimate of drug-likeness (QED) is 0.858. The van der Waals surface area contributed by atoms with Gasteiger partial charge in [-0.3, -0.25) is 4.98 Å². The summed E-state index contributed by atoms with van der Waals surface area (Å²) in [5.41, 5.74) is 0.393. The van der Waals surface area contributed by atoms with Crippen molar-refractivity contribution in [3.8, 4) is 5.75 Å². The van der Waals surface area contributed by atoms with E-state index in [0.29, 0.717) is 6.61 Å². The first-order valence-electron chi connectivity index (χ1n) is 7.41. The lowest BCUT2D eigenvalue weighted by atomic mass is 10.2. The molecule has 1 aliphatic heterocycles. The van der Waals surface area contributed by atoms with Gasteiger partial charge in [0, 0.05) is 12.7 Å². The molecule has 5 heteroatoms. The summed E-state index contributed by atoms with van der Waals surface area (Å²) < 4.78 is 11.3. The van der Waals surface area contributed by atoms with Crippen molar-refractivity contribution in [2.24, 2.45) is 0 Å². The molecule has 1 aromatic rings. The number of carbonyl (C=O) groups is 1. The summed E-state index contributed by atoms with van der Waals surface area (Å²) in [6.45, 7) is 8.76. The molecule has 0 aromatic carbocycles. The van der Waals surface area contributed by atoms with E-state index in [2.05, 4.69) is 4.98 Å². The minimum Gasteiger partial charge on any atom is -0.490 e. The molecular weight excluding hydrogens is 268 g/mol. The van der Waals surface area contributed by atoms with E-state index in [4.69, 9.17) is 9.47 Å². The van der Waals surface area contributed by atoms with Crippen LogP contribution in [-0.4, -0.2) is 40.8 Å². The predicted octanol–water partition coefficient (Wildman–Crippen LogP) is 3.17. The summed E-state index contributed by atoms with van der Waals surface area (Å²) in [4.78, 5) is 18.2. The first-order chi connectivity index (χ1) is 9.87. The number of aromatic nitrogens is 1. The molecule has 1 atom stereocenters. The van der Waals surface area contributed by atoms with E-state index in [-0.39, 0.29) is 12.1 Å². The predicted molar refractivity (Wildman–Crippen MR) is 80.4 cm³/mol. The number of ether oxygens (including phenoxy) is 2. The van der Waals surface area contributed by atoms with Gasteiger partial charge in [0.1, 0.15) is 18.0 Å². The maximum absolute atomic E-state index is 12.2. The third kappa shape index (κ3) is 4.34. The molecule has 0 radical (unpaired) electrons. The van der Waals surface area contributed by atoms with Gasteiger partial charge in [-0.1, -0.05) is 0 Å². The standard InChI is InChI=1S/C16H24N2O3/c1-12-14(8-5-9-17-12)20-11-13-7-6-10-18(13)15(19)21-16(2,3)4/h5,8-9,13H,6-7,10-11H2,1-4H3/t13-/m1/s1. The molecule has 2 rings (SSSR count). The second-order valence-electron chi connectivity index (χ2n) is 6.37. The molecular formula is C16H24N2O3. The Morgan fingerprint density at radius 2 is 2.24 bits per heavy atom. The van der Waals surface area contributed by atoms with Gasteiger partial charge < -0.3 is 14.4 Å². The van der Waals surface area contributed by atoms with Crippen LogP contribution in [-0.2, 0) is 4.74 Å². The average Bonchev–Trinajstić information content (AvgIpc) is 2.84. The molecule has 0 aliphatic carbocycles. The zero-order chi connectivity index (χ0) is 15.5. The van der Waals surface area contributed by atoms with Crippen LogP contribution < -0.4 is 4.74 Å². The largest absolute Gasteiger partial charge is 0.490 e. The number of hydrogen-bond donors (Lipinski definition) is 0. The van der Waals surface area contributed by atoms with E-state index in [1.165, 1.54) is 0 Å². The van der Waals surface area contributed by atoms with Crippen molar-refractivity contribution in [2.45, 2.75) is 52.2 Å². The van der Waals surface area contributed by atoms with Crippen molar-refractivity contribution < 1.29 is 14.3 Å². The maximum Gasteiger partial charge on any atom is 0.410 e. The third-order valence-electron chi connectivity index (χ3n) is 3.39. The van der Waals surface area contributed by atoms with Gasteiger partial charge in [-0.2, -0.15) is 0 Å². The van der Waals surface area contributed by atoms with Crippen molar-refractivity contribution in [3.05, 3.63) is 24.0 Å². The van der Waals surface area contributed by atoms with E-state index in [1.807, 2.05) is 39.8 Å². The molecule has 1 aliphatic rings. The Kier molecular flexibility index (Phi) is 4.70. The van der Waals surface area contributed by atoms with Crippen LogP contribution in [0.2, 0.25) is 0 Å². The van der Waals surface area contributed by atoms with Crippen molar-refractivity contribution in [1.82, 2.24) is 9.88 Å². The molecule has 116 valence electrons. The molecule has 0 N–H and O–H groups in total. The maximum atomic E-state index is 12.2. The van der Waals surface area contributed by atoms with E-state index >= 15 is 0 Å². The van der Waals surface area contributed by atoms with Crippen LogP contribution in [0.15, 0.2) is 18.3 Å². The molecule has 1 saturated heterocycles. The van der Waals surface area contributed by atoms with E-state index < -0.39 is 5.60 Å². The average molecular weight is 292 g/mol. The Labute approximate surface area is 126 Å². The molecule has 21 heavy (non-hydrogen) atoms. The van der Waals surface area contributed by atoms with E-state index in [0.717, 1.165) is 30.8 Å². The van der Waals surface area contributed by atoms with Crippen molar-refractivity contribution in [2.75, 3.05) is 13.2 Å². The Morgan fingerprint density at radius 3 is 2.90 bits per heavy atom. The normalized spacial score (nSPS) is 18.7. The number of pyridine rings is 1. The summed E-state index contributed by atoms with van der Waals surface area (Å²) in [7, 11) is 0. The molecule has 2 heterocycles. The van der Waals surface area contributed by atoms with Crippen LogP contribution in [0.25, 0.3) is 0 Å². The Morgan fingerprint density at radius 1 is 1.48 bits per heavy atom. The van der Waals surface area contributed by atoms with Gasteiger partial charge in [-0.05, 0) is 52.7 Å².